The van der Waals surface area contributed by atoms with Gasteiger partial charge in [-0.25, -0.2) is 13.2 Å². The zero-order valence-electron chi connectivity index (χ0n) is 26.6. The summed E-state index contributed by atoms with van der Waals surface area (Å²) in [6, 6.07) is 8.60. The first-order chi connectivity index (χ1) is 23.2. The molecular weight excluding hydrogens is 617 g/mol. The summed E-state index contributed by atoms with van der Waals surface area (Å²) < 4.78 is 59.8. The molecule has 6 heterocycles. The minimum absolute atomic E-state index is 0.00483. The molecule has 3 aromatic carbocycles. The number of rotatable bonds is 5. The number of fused-ring (bicyclic) bond motifs is 7. The average Bonchev–Trinajstić information content (AvgIpc) is 3.81. The summed E-state index contributed by atoms with van der Waals surface area (Å²) in [5.41, 5.74) is 6.98. The van der Waals surface area contributed by atoms with Crippen LogP contribution in [0, 0.1) is 30.9 Å². The van der Waals surface area contributed by atoms with Gasteiger partial charge in [0.15, 0.2) is 5.82 Å². The molecule has 11 heteroatoms. The highest BCUT2D eigenvalue weighted by Gasteiger charge is 2.49. The third-order valence-corrected chi connectivity index (χ3v) is 10.9. The van der Waals surface area contributed by atoms with Gasteiger partial charge in [-0.3, -0.25) is 4.90 Å². The molecule has 4 aliphatic heterocycles. The number of alkyl halides is 1. The molecule has 0 saturated carbocycles. The number of hydrogen-bond acceptors (Lipinski definition) is 8. The smallest absolute Gasteiger partial charge is 0.319 e. The van der Waals surface area contributed by atoms with E-state index in [1.165, 1.54) is 6.07 Å². The molecule has 2 aromatic heterocycles. The first kappa shape index (κ1) is 29.6. The summed E-state index contributed by atoms with van der Waals surface area (Å²) in [7, 11) is 0. The topological polar surface area (TPSA) is 92.7 Å². The Labute approximate surface area is 275 Å². The number of hydrogen-bond donors (Lipinski definition) is 2. The van der Waals surface area contributed by atoms with Crippen molar-refractivity contribution in [2.24, 2.45) is 0 Å². The molecule has 2 bridgehead atoms. The van der Waals surface area contributed by atoms with E-state index in [0.29, 0.717) is 70.4 Å². The molecule has 8 nitrogen and oxygen atoms in total. The van der Waals surface area contributed by atoms with E-state index in [2.05, 4.69) is 21.0 Å². The number of nitrogens with two attached hydrogens (primary N) is 1. The number of furan rings is 1. The minimum atomic E-state index is -0.915. The van der Waals surface area contributed by atoms with Crippen LogP contribution in [0.3, 0.4) is 0 Å². The zero-order valence-corrected chi connectivity index (χ0v) is 26.6. The Morgan fingerprint density at radius 3 is 2.73 bits per heavy atom. The number of terminal acetylenes is 1. The van der Waals surface area contributed by atoms with Crippen molar-refractivity contribution >= 4 is 44.1 Å². The second kappa shape index (κ2) is 10.7. The van der Waals surface area contributed by atoms with Gasteiger partial charge in [0.1, 0.15) is 41.3 Å². The number of nitrogen functional groups attached to an aromatic ring is 1. The van der Waals surface area contributed by atoms with Crippen LogP contribution in [0.15, 0.2) is 34.7 Å². The maximum absolute atomic E-state index is 17.5. The predicted octanol–water partition coefficient (Wildman–Crippen LogP) is 6.24. The first-order valence-electron chi connectivity index (χ1n) is 16.7. The van der Waals surface area contributed by atoms with Gasteiger partial charge in [0.25, 0.3) is 0 Å². The Bertz CT molecular complexity index is 2180. The van der Waals surface area contributed by atoms with Gasteiger partial charge in [0.05, 0.1) is 22.1 Å². The maximum atomic E-state index is 17.5. The van der Waals surface area contributed by atoms with Crippen LogP contribution in [0.1, 0.15) is 43.4 Å². The van der Waals surface area contributed by atoms with E-state index in [0.717, 1.165) is 32.2 Å². The first-order valence-corrected chi connectivity index (χ1v) is 16.7. The second-order valence-electron chi connectivity index (χ2n) is 14.0. The van der Waals surface area contributed by atoms with E-state index in [-0.39, 0.29) is 46.9 Å². The molecule has 48 heavy (non-hydrogen) atoms. The molecule has 4 aliphatic rings. The van der Waals surface area contributed by atoms with Crippen LogP contribution in [0.25, 0.3) is 43.8 Å². The highest BCUT2D eigenvalue weighted by Crippen LogP contribution is 2.46. The summed E-state index contributed by atoms with van der Waals surface area (Å²) in [4.78, 5) is 14.0. The molecule has 246 valence electrons. The van der Waals surface area contributed by atoms with Gasteiger partial charge in [-0.1, -0.05) is 12.0 Å². The minimum Gasteiger partial charge on any atom is -0.461 e. The zero-order chi connectivity index (χ0) is 32.9. The van der Waals surface area contributed by atoms with E-state index in [4.69, 9.17) is 31.3 Å². The molecule has 0 amide bonds. The van der Waals surface area contributed by atoms with Crippen LogP contribution in [-0.2, 0) is 0 Å². The fourth-order valence-corrected chi connectivity index (χ4v) is 8.89. The molecule has 4 saturated heterocycles. The van der Waals surface area contributed by atoms with Gasteiger partial charge < -0.3 is 25.1 Å². The molecule has 4 fully saturated rings. The molecule has 0 spiro atoms. The lowest BCUT2D eigenvalue weighted by Gasteiger charge is -2.35. The monoisotopic (exact) mass is 652 g/mol. The normalized spacial score (nSPS) is 25.4. The second-order valence-corrected chi connectivity index (χ2v) is 14.0. The number of aromatic nitrogens is 2. The van der Waals surface area contributed by atoms with Crippen molar-refractivity contribution in [1.29, 1.82) is 0 Å². The van der Waals surface area contributed by atoms with Gasteiger partial charge in [0, 0.05) is 54.6 Å². The molecule has 9 rings (SSSR count). The number of nitrogens with one attached hydrogen (secondary N) is 1. The van der Waals surface area contributed by atoms with Gasteiger partial charge >= 0.3 is 6.01 Å². The Morgan fingerprint density at radius 2 is 1.94 bits per heavy atom. The van der Waals surface area contributed by atoms with Gasteiger partial charge in [-0.05, 0) is 74.4 Å². The van der Waals surface area contributed by atoms with E-state index >= 15 is 8.78 Å². The van der Waals surface area contributed by atoms with Crippen molar-refractivity contribution in [3.05, 3.63) is 53.3 Å². The summed E-state index contributed by atoms with van der Waals surface area (Å²) in [5.74, 6) is 2.31. The highest BCUT2D eigenvalue weighted by atomic mass is 19.1. The van der Waals surface area contributed by atoms with Crippen molar-refractivity contribution in [2.75, 3.05) is 43.4 Å². The molecular formula is C37H35F3N6O2. The third-order valence-electron chi connectivity index (χ3n) is 10.9. The Kier molecular flexibility index (Phi) is 6.62. The van der Waals surface area contributed by atoms with Crippen molar-refractivity contribution in [1.82, 2.24) is 20.2 Å². The fraction of sp³-hybridized carbons (Fsp3) is 0.405. The lowest BCUT2D eigenvalue weighted by Crippen LogP contribution is -2.51. The molecule has 0 unspecified atom stereocenters. The Hall–Kier alpha value is -4.53. The number of anilines is 2. The van der Waals surface area contributed by atoms with Crippen LogP contribution in [-0.4, -0.2) is 71.4 Å². The van der Waals surface area contributed by atoms with Crippen LogP contribution in [0.5, 0.6) is 6.01 Å². The number of benzene rings is 3. The predicted molar refractivity (Wildman–Crippen MR) is 180 cm³/mol. The molecule has 4 atom stereocenters. The highest BCUT2D eigenvalue weighted by molar-refractivity contribution is 6.18. The quantitative estimate of drug-likeness (QED) is 0.170. The van der Waals surface area contributed by atoms with Crippen LogP contribution < -0.4 is 20.7 Å². The lowest BCUT2D eigenvalue weighted by atomic mass is 9.91. The molecule has 0 aliphatic carbocycles. The SMILES string of the molecule is C#Cc1c(F)ccc2cc(N)cc(-c3c(F)c4nc(OC[C@@]56CCCN5C[C@H](F)C6)nc(N5C[C@H]6CC[C@@H](C5)N6)c4c4cc(C)oc34)c12. The largest absolute Gasteiger partial charge is 0.461 e. The number of nitrogens with zero attached hydrogens (tertiary/aromatic N) is 4. The number of piperazine rings is 1. The summed E-state index contributed by atoms with van der Waals surface area (Å²) in [6.07, 6.45) is 9.17. The summed E-state index contributed by atoms with van der Waals surface area (Å²) >= 11 is 0. The van der Waals surface area contributed by atoms with Crippen LogP contribution in [0.4, 0.5) is 24.7 Å². The summed E-state index contributed by atoms with van der Waals surface area (Å²) in [6.45, 7) is 4.60. The fourth-order valence-electron chi connectivity index (χ4n) is 8.89. The van der Waals surface area contributed by atoms with Gasteiger partial charge in [0.2, 0.25) is 0 Å². The van der Waals surface area contributed by atoms with Gasteiger partial charge in [-0.2, -0.15) is 9.97 Å². The van der Waals surface area contributed by atoms with Crippen LogP contribution >= 0.6 is 0 Å². The number of ether oxygens (including phenoxy) is 1. The third kappa shape index (κ3) is 4.46. The lowest BCUT2D eigenvalue weighted by molar-refractivity contribution is 0.107. The van der Waals surface area contributed by atoms with Crippen LogP contribution in [0.2, 0.25) is 0 Å². The van der Waals surface area contributed by atoms with E-state index < -0.39 is 23.3 Å². The van der Waals surface area contributed by atoms with E-state index in [9.17, 15) is 4.39 Å². The molecule has 3 N–H and O–H groups in total. The Balaban J connectivity index is 1.30. The molecule has 0 radical (unpaired) electrons. The van der Waals surface area contributed by atoms with E-state index in [1.54, 1.807) is 25.1 Å². The number of aryl methyl sites for hydroxylation is 1. The van der Waals surface area contributed by atoms with Crippen molar-refractivity contribution in [3.8, 4) is 29.5 Å². The molecule has 5 aromatic rings. The van der Waals surface area contributed by atoms with Crippen molar-refractivity contribution in [2.45, 2.75) is 62.8 Å². The standard InChI is InChI=1S/C37H35F3N6O2/c1-3-25-28(39)8-5-20-12-22(41)13-26(29(20)25)30-32(40)33-31(27-11-19(2)48-34(27)30)35(45-16-23-6-7-24(17-45)42-23)44-36(43-33)47-18-37-9-4-10-46(37)15-21(38)14-37/h1,5,8,11-13,21,23-24,42H,4,6-7,9-10,14-18,41H2,2H3/t21-,23-,24+,37+/m1/s1. The van der Waals surface area contributed by atoms with E-state index in [1.807, 2.05) is 6.07 Å². The van der Waals surface area contributed by atoms with Gasteiger partial charge in [-0.15, -0.1) is 6.42 Å². The maximum Gasteiger partial charge on any atom is 0.319 e. The van der Waals surface area contributed by atoms with Crippen molar-refractivity contribution in [3.63, 3.8) is 0 Å². The number of halogens is 3. The summed E-state index contributed by atoms with van der Waals surface area (Å²) in [5, 5.41) is 5.72. The average molecular weight is 653 g/mol. The van der Waals surface area contributed by atoms with Crippen molar-refractivity contribution < 1.29 is 22.3 Å². The Morgan fingerprint density at radius 1 is 1.12 bits per heavy atom.